The van der Waals surface area contributed by atoms with Gasteiger partial charge in [0.25, 0.3) is 0 Å². The molecule has 2 heterocycles. The first-order valence-electron chi connectivity index (χ1n) is 4.27. The molecule has 1 fully saturated rings. The van der Waals surface area contributed by atoms with Crippen molar-refractivity contribution in [3.63, 3.8) is 0 Å². The molecule has 1 N–H and O–H groups in total. The molecule has 3 heteroatoms. The summed E-state index contributed by atoms with van der Waals surface area (Å²) >= 11 is 1.75. The minimum Gasteiger partial charge on any atom is -0.380 e. The van der Waals surface area contributed by atoms with Gasteiger partial charge in [-0.15, -0.1) is 0 Å². The van der Waals surface area contributed by atoms with E-state index in [-0.39, 0.29) is 0 Å². The molecule has 1 aliphatic rings. The Labute approximate surface area is 76.6 Å². The van der Waals surface area contributed by atoms with Gasteiger partial charge in [0.15, 0.2) is 0 Å². The molecule has 1 saturated heterocycles. The summed E-state index contributed by atoms with van der Waals surface area (Å²) < 4.78 is 5.27. The molecule has 12 heavy (non-hydrogen) atoms. The van der Waals surface area contributed by atoms with E-state index in [4.69, 9.17) is 4.74 Å². The van der Waals surface area contributed by atoms with Gasteiger partial charge < -0.3 is 10.1 Å². The molecule has 2 nitrogen and oxygen atoms in total. The summed E-state index contributed by atoms with van der Waals surface area (Å²) in [4.78, 5) is 0. The van der Waals surface area contributed by atoms with E-state index in [0.717, 1.165) is 26.2 Å². The highest BCUT2D eigenvalue weighted by atomic mass is 32.1. The maximum Gasteiger partial charge on any atom is 0.0620 e. The van der Waals surface area contributed by atoms with Crippen LogP contribution in [-0.4, -0.2) is 19.3 Å². The van der Waals surface area contributed by atoms with Crippen molar-refractivity contribution in [3.8, 4) is 0 Å². The first-order valence-corrected chi connectivity index (χ1v) is 5.21. The van der Waals surface area contributed by atoms with Crippen LogP contribution in [0.25, 0.3) is 0 Å². The maximum atomic E-state index is 5.27. The Bertz CT molecular complexity index is 216. The molecule has 0 radical (unpaired) electrons. The average molecular weight is 183 g/mol. The summed E-state index contributed by atoms with van der Waals surface area (Å²) in [7, 11) is 0. The molecule has 1 aliphatic heterocycles. The molecule has 1 unspecified atom stereocenters. The molecule has 1 aromatic heterocycles. The van der Waals surface area contributed by atoms with Gasteiger partial charge in [0, 0.05) is 19.2 Å². The van der Waals surface area contributed by atoms with Crippen molar-refractivity contribution < 1.29 is 4.74 Å². The molecule has 66 valence electrons. The topological polar surface area (TPSA) is 21.3 Å². The van der Waals surface area contributed by atoms with E-state index in [1.807, 2.05) is 0 Å². The van der Waals surface area contributed by atoms with E-state index in [9.17, 15) is 0 Å². The van der Waals surface area contributed by atoms with Crippen LogP contribution in [0.1, 0.15) is 12.0 Å². The number of hydrogen-bond donors (Lipinski definition) is 1. The first-order chi connectivity index (χ1) is 5.95. The standard InChI is InChI=1S/C9H13NOS/c1-3-11-6-9(1)10-5-8-2-4-12-7-8/h2,4,7,9-10H,1,3,5-6H2. The molecule has 0 aliphatic carbocycles. The summed E-state index contributed by atoms with van der Waals surface area (Å²) in [5, 5.41) is 7.76. The van der Waals surface area contributed by atoms with Crippen LogP contribution in [0.5, 0.6) is 0 Å². The van der Waals surface area contributed by atoms with E-state index in [1.54, 1.807) is 11.3 Å². The van der Waals surface area contributed by atoms with Crippen LogP contribution in [-0.2, 0) is 11.3 Å². The summed E-state index contributed by atoms with van der Waals surface area (Å²) in [6.45, 7) is 2.78. The Morgan fingerprint density at radius 2 is 2.67 bits per heavy atom. The van der Waals surface area contributed by atoms with E-state index >= 15 is 0 Å². The van der Waals surface area contributed by atoms with E-state index < -0.39 is 0 Å². The van der Waals surface area contributed by atoms with Crippen LogP contribution in [0.4, 0.5) is 0 Å². The van der Waals surface area contributed by atoms with Gasteiger partial charge in [-0.1, -0.05) is 0 Å². The summed E-state index contributed by atoms with van der Waals surface area (Å²) in [5.74, 6) is 0. The highest BCUT2D eigenvalue weighted by molar-refractivity contribution is 7.07. The van der Waals surface area contributed by atoms with Crippen LogP contribution < -0.4 is 5.32 Å². The third kappa shape index (κ3) is 2.06. The summed E-state index contributed by atoms with van der Waals surface area (Å²) in [6, 6.07) is 2.73. The number of ether oxygens (including phenoxy) is 1. The Morgan fingerprint density at radius 1 is 1.67 bits per heavy atom. The van der Waals surface area contributed by atoms with Crippen molar-refractivity contribution in [2.24, 2.45) is 0 Å². The Balaban J connectivity index is 1.74. The van der Waals surface area contributed by atoms with Crippen LogP contribution in [0, 0.1) is 0 Å². The van der Waals surface area contributed by atoms with Gasteiger partial charge in [0.2, 0.25) is 0 Å². The molecule has 0 aromatic carbocycles. The lowest BCUT2D eigenvalue weighted by atomic mass is 10.2. The predicted octanol–water partition coefficient (Wildman–Crippen LogP) is 1.63. The zero-order valence-electron chi connectivity index (χ0n) is 6.95. The average Bonchev–Trinajstić information content (AvgIpc) is 2.74. The van der Waals surface area contributed by atoms with Crippen LogP contribution in [0.2, 0.25) is 0 Å². The van der Waals surface area contributed by atoms with Crippen molar-refractivity contribution in [3.05, 3.63) is 22.4 Å². The van der Waals surface area contributed by atoms with Crippen molar-refractivity contribution >= 4 is 11.3 Å². The Kier molecular flexibility index (Phi) is 2.76. The highest BCUT2D eigenvalue weighted by Crippen LogP contribution is 2.08. The zero-order valence-corrected chi connectivity index (χ0v) is 7.77. The van der Waals surface area contributed by atoms with E-state index in [2.05, 4.69) is 22.1 Å². The first kappa shape index (κ1) is 8.23. The zero-order chi connectivity index (χ0) is 8.23. The second-order valence-corrected chi connectivity index (χ2v) is 3.85. The minimum absolute atomic E-state index is 0.574. The van der Waals surface area contributed by atoms with Crippen molar-refractivity contribution in [1.29, 1.82) is 0 Å². The fourth-order valence-electron chi connectivity index (χ4n) is 1.35. The fraction of sp³-hybridized carbons (Fsp3) is 0.556. The smallest absolute Gasteiger partial charge is 0.0620 e. The molecular weight excluding hydrogens is 170 g/mol. The molecule has 0 saturated carbocycles. The Morgan fingerprint density at radius 3 is 3.33 bits per heavy atom. The minimum atomic E-state index is 0.574. The second-order valence-electron chi connectivity index (χ2n) is 3.07. The lowest BCUT2D eigenvalue weighted by Gasteiger charge is -2.08. The third-order valence-corrected chi connectivity index (χ3v) is 2.84. The van der Waals surface area contributed by atoms with Crippen molar-refractivity contribution in [1.82, 2.24) is 5.32 Å². The van der Waals surface area contributed by atoms with Crippen LogP contribution in [0.3, 0.4) is 0 Å². The van der Waals surface area contributed by atoms with Gasteiger partial charge in [-0.2, -0.15) is 11.3 Å². The van der Waals surface area contributed by atoms with Gasteiger partial charge in [-0.05, 0) is 28.8 Å². The molecule has 0 spiro atoms. The summed E-state index contributed by atoms with van der Waals surface area (Å²) in [6.07, 6.45) is 1.16. The molecular formula is C9H13NOS. The maximum absolute atomic E-state index is 5.27. The number of thiophene rings is 1. The van der Waals surface area contributed by atoms with E-state index in [0.29, 0.717) is 6.04 Å². The van der Waals surface area contributed by atoms with Gasteiger partial charge in [-0.25, -0.2) is 0 Å². The third-order valence-electron chi connectivity index (χ3n) is 2.10. The lowest BCUT2D eigenvalue weighted by molar-refractivity contribution is 0.190. The van der Waals surface area contributed by atoms with Crippen LogP contribution in [0.15, 0.2) is 16.8 Å². The Hall–Kier alpha value is -0.380. The van der Waals surface area contributed by atoms with E-state index in [1.165, 1.54) is 5.56 Å². The predicted molar refractivity (Wildman–Crippen MR) is 50.4 cm³/mol. The molecule has 0 amide bonds. The van der Waals surface area contributed by atoms with Gasteiger partial charge in [0.1, 0.15) is 0 Å². The number of hydrogen-bond acceptors (Lipinski definition) is 3. The molecule has 1 atom stereocenters. The SMILES string of the molecule is c1cc(CNC2CCOC2)cs1. The van der Waals surface area contributed by atoms with Crippen molar-refractivity contribution in [2.45, 2.75) is 19.0 Å². The van der Waals surface area contributed by atoms with Gasteiger partial charge >= 0.3 is 0 Å². The highest BCUT2D eigenvalue weighted by Gasteiger charge is 2.13. The second kappa shape index (κ2) is 4.03. The fourth-order valence-corrected chi connectivity index (χ4v) is 2.02. The van der Waals surface area contributed by atoms with Gasteiger partial charge in [-0.3, -0.25) is 0 Å². The molecule has 2 rings (SSSR count). The number of rotatable bonds is 3. The summed E-state index contributed by atoms with van der Waals surface area (Å²) in [5.41, 5.74) is 1.38. The molecule has 0 bridgehead atoms. The lowest BCUT2D eigenvalue weighted by Crippen LogP contribution is -2.28. The quantitative estimate of drug-likeness (QED) is 0.769. The normalized spacial score (nSPS) is 23.2. The monoisotopic (exact) mass is 183 g/mol. The largest absolute Gasteiger partial charge is 0.380 e. The van der Waals surface area contributed by atoms with Gasteiger partial charge in [0.05, 0.1) is 6.61 Å². The van der Waals surface area contributed by atoms with Crippen LogP contribution >= 0.6 is 11.3 Å². The number of nitrogens with one attached hydrogen (secondary N) is 1. The van der Waals surface area contributed by atoms with Crippen molar-refractivity contribution in [2.75, 3.05) is 13.2 Å². The molecule has 1 aromatic rings.